The lowest BCUT2D eigenvalue weighted by Gasteiger charge is -2.25. The van der Waals surface area contributed by atoms with Crippen molar-refractivity contribution < 1.29 is 14.0 Å². The Bertz CT molecular complexity index is 399. The molecule has 0 saturated carbocycles. The zero-order valence-electron chi connectivity index (χ0n) is 8.32. The highest BCUT2D eigenvalue weighted by atomic mass is 16.4. The maximum absolute atomic E-state index is 11.4. The lowest BCUT2D eigenvalue weighted by atomic mass is 10.3. The minimum Gasteiger partial charge on any atom is -0.444 e. The first-order valence-electron chi connectivity index (χ1n) is 4.61. The van der Waals surface area contributed by atoms with E-state index in [2.05, 4.69) is 10.3 Å². The second kappa shape index (κ2) is 3.72. The van der Waals surface area contributed by atoms with Crippen molar-refractivity contribution in [2.75, 3.05) is 13.1 Å². The van der Waals surface area contributed by atoms with Crippen molar-refractivity contribution in [3.05, 3.63) is 17.8 Å². The van der Waals surface area contributed by atoms with Gasteiger partial charge in [0.1, 0.15) is 12.3 Å². The molecule has 15 heavy (non-hydrogen) atoms. The van der Waals surface area contributed by atoms with Crippen LogP contribution in [0.25, 0.3) is 0 Å². The summed E-state index contributed by atoms with van der Waals surface area (Å²) in [5, 5.41) is 2.47. The first kappa shape index (κ1) is 9.70. The van der Waals surface area contributed by atoms with E-state index >= 15 is 0 Å². The van der Waals surface area contributed by atoms with Gasteiger partial charge in [-0.1, -0.05) is 0 Å². The van der Waals surface area contributed by atoms with E-state index in [4.69, 9.17) is 4.42 Å². The number of amides is 2. The fourth-order valence-corrected chi connectivity index (χ4v) is 1.39. The molecule has 1 aliphatic rings. The van der Waals surface area contributed by atoms with Gasteiger partial charge in [0, 0.05) is 0 Å². The van der Waals surface area contributed by atoms with E-state index in [1.165, 1.54) is 4.90 Å². The normalized spacial score (nSPS) is 16.7. The van der Waals surface area contributed by atoms with Crippen LogP contribution in [0, 0.1) is 6.92 Å². The van der Waals surface area contributed by atoms with Crippen molar-refractivity contribution in [2.24, 2.45) is 0 Å². The third-order valence-corrected chi connectivity index (χ3v) is 2.12. The predicted molar refractivity (Wildman–Crippen MR) is 49.7 cm³/mol. The molecule has 1 aliphatic heterocycles. The summed E-state index contributed by atoms with van der Waals surface area (Å²) < 4.78 is 5.23. The summed E-state index contributed by atoms with van der Waals surface area (Å²) in [6, 6.07) is 0. The van der Waals surface area contributed by atoms with E-state index < -0.39 is 0 Å². The molecular formula is C9H11N3O3. The first-order chi connectivity index (χ1) is 7.15. The van der Waals surface area contributed by atoms with Crippen molar-refractivity contribution in [1.82, 2.24) is 15.2 Å². The van der Waals surface area contributed by atoms with Crippen LogP contribution in [0.3, 0.4) is 0 Å². The topological polar surface area (TPSA) is 75.4 Å². The zero-order valence-corrected chi connectivity index (χ0v) is 8.32. The minimum absolute atomic E-state index is 0.0541. The van der Waals surface area contributed by atoms with Crippen LogP contribution < -0.4 is 5.32 Å². The van der Waals surface area contributed by atoms with Gasteiger partial charge in [-0.2, -0.15) is 0 Å². The number of hydrogen-bond donors (Lipinski definition) is 1. The van der Waals surface area contributed by atoms with Gasteiger partial charge in [0.25, 0.3) is 0 Å². The molecule has 2 rings (SSSR count). The van der Waals surface area contributed by atoms with Crippen molar-refractivity contribution >= 4 is 11.8 Å². The summed E-state index contributed by atoms with van der Waals surface area (Å²) in [6.45, 7) is 2.15. The van der Waals surface area contributed by atoms with Gasteiger partial charge >= 0.3 is 0 Å². The monoisotopic (exact) mass is 209 g/mol. The SMILES string of the molecule is Cc1cnc(CN2CC(=O)NCC2=O)o1. The standard InChI is InChI=1S/C9H11N3O3/c1-6-2-11-8(15-6)5-12-4-7(13)10-3-9(12)14/h2H,3-5H2,1H3,(H,10,13). The Kier molecular flexibility index (Phi) is 2.40. The molecule has 2 heterocycles. The summed E-state index contributed by atoms with van der Waals surface area (Å²) in [4.78, 5) is 27.8. The highest BCUT2D eigenvalue weighted by Gasteiger charge is 2.24. The Hall–Kier alpha value is -1.85. The van der Waals surface area contributed by atoms with Crippen molar-refractivity contribution in [1.29, 1.82) is 0 Å². The van der Waals surface area contributed by atoms with E-state index in [0.29, 0.717) is 11.7 Å². The van der Waals surface area contributed by atoms with E-state index in [9.17, 15) is 9.59 Å². The number of oxazole rings is 1. The molecule has 1 aromatic rings. The van der Waals surface area contributed by atoms with Crippen molar-refractivity contribution in [3.63, 3.8) is 0 Å². The maximum Gasteiger partial charge on any atom is 0.242 e. The Morgan fingerprint density at radius 1 is 1.60 bits per heavy atom. The summed E-state index contributed by atoms with van der Waals surface area (Å²) in [5.41, 5.74) is 0. The molecule has 6 nitrogen and oxygen atoms in total. The summed E-state index contributed by atoms with van der Waals surface area (Å²) in [5.74, 6) is 0.873. The first-order valence-corrected chi connectivity index (χ1v) is 4.61. The van der Waals surface area contributed by atoms with E-state index in [1.807, 2.05) is 0 Å². The molecule has 1 fully saturated rings. The van der Waals surface area contributed by atoms with Gasteiger partial charge in [-0.3, -0.25) is 9.59 Å². The molecule has 0 aromatic carbocycles. The fourth-order valence-electron chi connectivity index (χ4n) is 1.39. The lowest BCUT2D eigenvalue weighted by molar-refractivity contribution is -0.141. The molecule has 0 atom stereocenters. The van der Waals surface area contributed by atoms with Gasteiger partial charge in [0.05, 0.1) is 19.3 Å². The summed E-state index contributed by atoms with van der Waals surface area (Å²) in [7, 11) is 0. The Morgan fingerprint density at radius 2 is 2.40 bits per heavy atom. The molecule has 0 aliphatic carbocycles. The molecular weight excluding hydrogens is 198 g/mol. The number of carbonyl (C=O) groups is 2. The quantitative estimate of drug-likeness (QED) is 0.708. The zero-order chi connectivity index (χ0) is 10.8. The van der Waals surface area contributed by atoms with Crippen LogP contribution in [0.2, 0.25) is 0 Å². The molecule has 0 spiro atoms. The molecule has 2 amide bonds. The molecule has 1 saturated heterocycles. The summed E-state index contributed by atoms with van der Waals surface area (Å²) >= 11 is 0. The average molecular weight is 209 g/mol. The van der Waals surface area contributed by atoms with Gasteiger partial charge < -0.3 is 14.6 Å². The molecule has 1 N–H and O–H groups in total. The summed E-state index contributed by atoms with van der Waals surface area (Å²) in [6.07, 6.45) is 1.59. The Balaban J connectivity index is 2.04. The third-order valence-electron chi connectivity index (χ3n) is 2.12. The molecule has 1 aromatic heterocycles. The largest absolute Gasteiger partial charge is 0.444 e. The van der Waals surface area contributed by atoms with Crippen molar-refractivity contribution in [3.8, 4) is 0 Å². The fraction of sp³-hybridized carbons (Fsp3) is 0.444. The number of aryl methyl sites for hydroxylation is 1. The molecule has 0 bridgehead atoms. The van der Waals surface area contributed by atoms with Crippen LogP contribution in [0.15, 0.2) is 10.6 Å². The van der Waals surface area contributed by atoms with Crippen molar-refractivity contribution in [2.45, 2.75) is 13.5 Å². The highest BCUT2D eigenvalue weighted by molar-refractivity contribution is 5.92. The Morgan fingerprint density at radius 3 is 3.07 bits per heavy atom. The second-order valence-electron chi connectivity index (χ2n) is 3.39. The van der Waals surface area contributed by atoms with Crippen LogP contribution in [0.5, 0.6) is 0 Å². The molecule has 0 radical (unpaired) electrons. The van der Waals surface area contributed by atoms with Gasteiger partial charge in [-0.05, 0) is 6.92 Å². The van der Waals surface area contributed by atoms with Crippen LogP contribution in [-0.2, 0) is 16.1 Å². The van der Waals surface area contributed by atoms with E-state index in [1.54, 1.807) is 13.1 Å². The highest BCUT2D eigenvalue weighted by Crippen LogP contribution is 2.07. The van der Waals surface area contributed by atoms with E-state index in [0.717, 1.165) is 0 Å². The number of aromatic nitrogens is 1. The van der Waals surface area contributed by atoms with Crippen LogP contribution in [0.4, 0.5) is 0 Å². The average Bonchev–Trinajstić information content (AvgIpc) is 2.58. The minimum atomic E-state index is -0.155. The number of carbonyl (C=O) groups excluding carboxylic acids is 2. The second-order valence-corrected chi connectivity index (χ2v) is 3.39. The smallest absolute Gasteiger partial charge is 0.242 e. The number of hydrogen-bond acceptors (Lipinski definition) is 4. The molecule has 0 unspecified atom stereocenters. The predicted octanol–water partition coefficient (Wildman–Crippen LogP) is -0.559. The van der Waals surface area contributed by atoms with Gasteiger partial charge in [-0.25, -0.2) is 4.98 Å². The van der Waals surface area contributed by atoms with Crippen LogP contribution in [-0.4, -0.2) is 34.8 Å². The van der Waals surface area contributed by atoms with Gasteiger partial charge in [0.2, 0.25) is 17.7 Å². The Labute approximate surface area is 86.3 Å². The van der Waals surface area contributed by atoms with Gasteiger partial charge in [0.15, 0.2) is 0 Å². The van der Waals surface area contributed by atoms with Crippen LogP contribution in [0.1, 0.15) is 11.7 Å². The van der Waals surface area contributed by atoms with E-state index in [-0.39, 0.29) is 31.4 Å². The molecule has 6 heteroatoms. The number of nitrogens with zero attached hydrogens (tertiary/aromatic N) is 2. The van der Waals surface area contributed by atoms with Gasteiger partial charge in [-0.15, -0.1) is 0 Å². The molecule has 80 valence electrons. The number of piperazine rings is 1. The lowest BCUT2D eigenvalue weighted by Crippen LogP contribution is -2.51. The van der Waals surface area contributed by atoms with Crippen LogP contribution >= 0.6 is 0 Å². The third kappa shape index (κ3) is 2.15. The maximum atomic E-state index is 11.4. The number of nitrogens with one attached hydrogen (secondary N) is 1. The number of rotatable bonds is 2.